The zero-order valence-electron chi connectivity index (χ0n) is 11.1. The zero-order chi connectivity index (χ0) is 13.5. The Morgan fingerprint density at radius 3 is 2.83 bits per heavy atom. The van der Waals surface area contributed by atoms with E-state index in [0.29, 0.717) is 17.0 Å². The summed E-state index contributed by atoms with van der Waals surface area (Å²) < 4.78 is 5.19. The normalized spacial score (nSPS) is 10.2. The number of hydrogen-bond donors (Lipinski definition) is 1. The first-order valence-electron chi connectivity index (χ1n) is 5.78. The predicted molar refractivity (Wildman–Crippen MR) is 77.4 cm³/mol. The summed E-state index contributed by atoms with van der Waals surface area (Å²) in [5.41, 5.74) is 6.80. The van der Waals surface area contributed by atoms with Crippen molar-refractivity contribution in [2.24, 2.45) is 0 Å². The highest BCUT2D eigenvalue weighted by Crippen LogP contribution is 2.22. The Morgan fingerprint density at radius 1 is 1.50 bits per heavy atom. The highest BCUT2D eigenvalue weighted by atomic mass is 32.2. The summed E-state index contributed by atoms with van der Waals surface area (Å²) in [4.78, 5) is 14.0. The fourth-order valence-corrected chi connectivity index (χ4v) is 2.06. The average molecular weight is 268 g/mol. The molecule has 0 aromatic heterocycles. The van der Waals surface area contributed by atoms with Gasteiger partial charge in [-0.25, -0.2) is 0 Å². The molecule has 0 fully saturated rings. The topological polar surface area (TPSA) is 55.6 Å². The minimum absolute atomic E-state index is 0.0553. The molecule has 0 bridgehead atoms. The lowest BCUT2D eigenvalue weighted by Crippen LogP contribution is -2.28. The third kappa shape index (κ3) is 3.84. The largest absolute Gasteiger partial charge is 0.496 e. The number of rotatable bonds is 6. The van der Waals surface area contributed by atoms with Gasteiger partial charge in [0.2, 0.25) is 0 Å². The molecular formula is C13H20N2O2S. The lowest BCUT2D eigenvalue weighted by molar-refractivity contribution is 0.0792. The minimum atomic E-state index is -0.0553. The Labute approximate surface area is 112 Å². The van der Waals surface area contributed by atoms with Gasteiger partial charge in [0.1, 0.15) is 5.75 Å². The molecule has 1 aromatic rings. The molecule has 0 saturated carbocycles. The Morgan fingerprint density at radius 2 is 2.22 bits per heavy atom. The van der Waals surface area contributed by atoms with Crippen LogP contribution in [0.15, 0.2) is 18.2 Å². The number of carbonyl (C=O) groups excluding carboxylic acids is 1. The van der Waals surface area contributed by atoms with Crippen molar-refractivity contribution < 1.29 is 9.53 Å². The minimum Gasteiger partial charge on any atom is -0.496 e. The molecule has 0 aliphatic rings. The van der Waals surface area contributed by atoms with Crippen LogP contribution in [-0.2, 0) is 0 Å². The number of anilines is 1. The molecule has 0 atom stereocenters. The summed E-state index contributed by atoms with van der Waals surface area (Å²) in [6, 6.07) is 5.11. The van der Waals surface area contributed by atoms with Crippen LogP contribution in [0.2, 0.25) is 0 Å². The standard InChI is InChI=1S/C13H20N2O2S/c1-15(7-4-8-18-3)13(16)11-9-10(14)5-6-12(11)17-2/h5-6,9H,4,7-8,14H2,1-3H3. The van der Waals surface area contributed by atoms with Crippen LogP contribution in [0.1, 0.15) is 16.8 Å². The predicted octanol–water partition coefficient (Wildman–Crippen LogP) is 2.10. The molecule has 4 nitrogen and oxygen atoms in total. The highest BCUT2D eigenvalue weighted by Gasteiger charge is 2.16. The van der Waals surface area contributed by atoms with E-state index in [-0.39, 0.29) is 5.91 Å². The Hall–Kier alpha value is -1.36. The molecule has 0 radical (unpaired) electrons. The van der Waals surface area contributed by atoms with Crippen molar-refractivity contribution in [2.45, 2.75) is 6.42 Å². The molecule has 1 aromatic carbocycles. The fraction of sp³-hybridized carbons (Fsp3) is 0.462. The van der Waals surface area contributed by atoms with Gasteiger partial charge in [-0.05, 0) is 36.6 Å². The second kappa shape index (κ2) is 7.16. The number of nitrogen functional groups attached to an aromatic ring is 1. The van der Waals surface area contributed by atoms with E-state index >= 15 is 0 Å². The second-order valence-electron chi connectivity index (χ2n) is 4.03. The molecule has 100 valence electrons. The van der Waals surface area contributed by atoms with E-state index in [4.69, 9.17) is 10.5 Å². The molecule has 1 amide bonds. The molecule has 0 spiro atoms. The number of nitrogens with zero attached hydrogens (tertiary/aromatic N) is 1. The van der Waals surface area contributed by atoms with Crippen molar-refractivity contribution in [2.75, 3.05) is 38.4 Å². The van der Waals surface area contributed by atoms with Crippen molar-refractivity contribution in [1.82, 2.24) is 4.90 Å². The first-order chi connectivity index (χ1) is 8.60. The Kier molecular flexibility index (Phi) is 5.85. The summed E-state index contributed by atoms with van der Waals surface area (Å²) in [5.74, 6) is 1.55. The van der Waals surface area contributed by atoms with Gasteiger partial charge in [-0.15, -0.1) is 0 Å². The smallest absolute Gasteiger partial charge is 0.257 e. The summed E-state index contributed by atoms with van der Waals surface area (Å²) in [6.45, 7) is 0.734. The van der Waals surface area contributed by atoms with Gasteiger partial charge in [-0.1, -0.05) is 0 Å². The van der Waals surface area contributed by atoms with Crippen LogP contribution >= 0.6 is 11.8 Å². The summed E-state index contributed by atoms with van der Waals surface area (Å²) in [6.07, 6.45) is 3.04. The van der Waals surface area contributed by atoms with Crippen molar-refractivity contribution in [3.8, 4) is 5.75 Å². The van der Waals surface area contributed by atoms with E-state index in [0.717, 1.165) is 18.7 Å². The monoisotopic (exact) mass is 268 g/mol. The van der Waals surface area contributed by atoms with Crippen LogP contribution in [0.5, 0.6) is 5.75 Å². The average Bonchev–Trinajstić information content (AvgIpc) is 2.38. The van der Waals surface area contributed by atoms with E-state index in [1.165, 1.54) is 0 Å². The maximum Gasteiger partial charge on any atom is 0.257 e. The molecular weight excluding hydrogens is 248 g/mol. The van der Waals surface area contributed by atoms with Gasteiger partial charge >= 0.3 is 0 Å². The second-order valence-corrected chi connectivity index (χ2v) is 5.02. The number of nitrogens with two attached hydrogens (primary N) is 1. The summed E-state index contributed by atoms with van der Waals surface area (Å²) in [5, 5.41) is 0. The molecule has 0 aliphatic heterocycles. The molecule has 0 saturated heterocycles. The fourth-order valence-electron chi connectivity index (χ4n) is 1.65. The van der Waals surface area contributed by atoms with Crippen LogP contribution in [0.3, 0.4) is 0 Å². The molecule has 5 heteroatoms. The van der Waals surface area contributed by atoms with Gasteiger partial charge in [-0.2, -0.15) is 11.8 Å². The van der Waals surface area contributed by atoms with E-state index in [9.17, 15) is 4.79 Å². The maximum absolute atomic E-state index is 12.3. The number of benzene rings is 1. The maximum atomic E-state index is 12.3. The van der Waals surface area contributed by atoms with Crippen molar-refractivity contribution >= 4 is 23.4 Å². The van der Waals surface area contributed by atoms with E-state index in [2.05, 4.69) is 6.26 Å². The van der Waals surface area contributed by atoms with Gasteiger partial charge in [0.15, 0.2) is 0 Å². The van der Waals surface area contributed by atoms with Gasteiger partial charge in [-0.3, -0.25) is 4.79 Å². The summed E-state index contributed by atoms with van der Waals surface area (Å²) in [7, 11) is 3.35. The van der Waals surface area contributed by atoms with Gasteiger partial charge < -0.3 is 15.4 Å². The number of methoxy groups -OCH3 is 1. The first kappa shape index (κ1) is 14.7. The third-order valence-corrected chi connectivity index (χ3v) is 3.34. The molecule has 1 rings (SSSR count). The van der Waals surface area contributed by atoms with Gasteiger partial charge in [0.05, 0.1) is 12.7 Å². The van der Waals surface area contributed by atoms with E-state index in [1.54, 1.807) is 49.0 Å². The molecule has 0 unspecified atom stereocenters. The van der Waals surface area contributed by atoms with Gasteiger partial charge in [0.25, 0.3) is 5.91 Å². The van der Waals surface area contributed by atoms with Crippen LogP contribution in [0.25, 0.3) is 0 Å². The molecule has 0 heterocycles. The lowest BCUT2D eigenvalue weighted by Gasteiger charge is -2.18. The van der Waals surface area contributed by atoms with Crippen LogP contribution in [0, 0.1) is 0 Å². The first-order valence-corrected chi connectivity index (χ1v) is 7.17. The van der Waals surface area contributed by atoms with E-state index < -0.39 is 0 Å². The molecule has 2 N–H and O–H groups in total. The number of hydrogen-bond acceptors (Lipinski definition) is 4. The molecule has 18 heavy (non-hydrogen) atoms. The van der Waals surface area contributed by atoms with E-state index in [1.807, 2.05) is 0 Å². The van der Waals surface area contributed by atoms with Crippen LogP contribution < -0.4 is 10.5 Å². The quantitative estimate of drug-likeness (QED) is 0.634. The van der Waals surface area contributed by atoms with Crippen LogP contribution in [-0.4, -0.2) is 43.5 Å². The van der Waals surface area contributed by atoms with Gasteiger partial charge in [0, 0.05) is 19.3 Å². The molecule has 0 aliphatic carbocycles. The number of amides is 1. The van der Waals surface area contributed by atoms with Crippen molar-refractivity contribution in [3.63, 3.8) is 0 Å². The number of ether oxygens (including phenoxy) is 1. The Balaban J connectivity index is 2.79. The SMILES string of the molecule is COc1ccc(N)cc1C(=O)N(C)CCCSC. The summed E-state index contributed by atoms with van der Waals surface area (Å²) >= 11 is 1.78. The van der Waals surface area contributed by atoms with Crippen molar-refractivity contribution in [3.05, 3.63) is 23.8 Å². The number of thioether (sulfide) groups is 1. The third-order valence-electron chi connectivity index (χ3n) is 2.64. The number of carbonyl (C=O) groups is 1. The zero-order valence-corrected chi connectivity index (χ0v) is 11.9. The van der Waals surface area contributed by atoms with Crippen LogP contribution in [0.4, 0.5) is 5.69 Å². The highest BCUT2D eigenvalue weighted by molar-refractivity contribution is 7.98. The Bertz CT molecular complexity index is 410. The van der Waals surface area contributed by atoms with Crippen molar-refractivity contribution in [1.29, 1.82) is 0 Å². The lowest BCUT2D eigenvalue weighted by atomic mass is 10.1.